The highest BCUT2D eigenvalue weighted by atomic mass is 127. The van der Waals surface area contributed by atoms with Gasteiger partial charge in [0.1, 0.15) is 5.82 Å². The summed E-state index contributed by atoms with van der Waals surface area (Å²) in [7, 11) is 0. The molecule has 1 atom stereocenters. The molecule has 1 unspecified atom stereocenters. The molecule has 0 aliphatic carbocycles. The second kappa shape index (κ2) is 13.0. The summed E-state index contributed by atoms with van der Waals surface area (Å²) in [6, 6.07) is 4.63. The second-order valence-corrected chi connectivity index (χ2v) is 8.15. The fraction of sp³-hybridized carbons (Fsp3) is 0.682. The van der Waals surface area contributed by atoms with Gasteiger partial charge in [-0.1, -0.05) is 13.0 Å². The molecule has 0 spiro atoms. The number of nitrogens with zero attached hydrogens (tertiary/aromatic N) is 4. The third kappa shape index (κ3) is 7.20. The third-order valence-corrected chi connectivity index (χ3v) is 6.23. The van der Waals surface area contributed by atoms with Crippen LogP contribution in [0.1, 0.15) is 45.1 Å². The van der Waals surface area contributed by atoms with Gasteiger partial charge in [-0.2, -0.15) is 0 Å². The number of rotatable bonds is 8. The molecule has 1 amide bonds. The quantitative estimate of drug-likeness (QED) is 0.264. The van der Waals surface area contributed by atoms with Crippen LogP contribution in [0.4, 0.5) is 5.82 Å². The first-order chi connectivity index (χ1) is 14.6. The highest BCUT2D eigenvalue weighted by molar-refractivity contribution is 14.0. The summed E-state index contributed by atoms with van der Waals surface area (Å²) in [5.41, 5.74) is 6.57. The Morgan fingerprint density at radius 1 is 1.23 bits per heavy atom. The highest BCUT2D eigenvalue weighted by Crippen LogP contribution is 2.25. The van der Waals surface area contributed by atoms with E-state index in [1.165, 1.54) is 19.4 Å². The number of amides is 1. The first-order valence-corrected chi connectivity index (χ1v) is 11.4. The number of carbonyl (C=O) groups is 1. The molecule has 174 valence electrons. The average molecular weight is 543 g/mol. The van der Waals surface area contributed by atoms with Crippen LogP contribution < -0.4 is 21.3 Å². The van der Waals surface area contributed by atoms with Gasteiger partial charge in [0.05, 0.1) is 6.54 Å². The summed E-state index contributed by atoms with van der Waals surface area (Å²) in [4.78, 5) is 25.7. The van der Waals surface area contributed by atoms with Crippen LogP contribution in [0.2, 0.25) is 0 Å². The number of carbonyl (C=O) groups excluding carboxylic acids is 1. The van der Waals surface area contributed by atoms with Crippen molar-refractivity contribution in [3.63, 3.8) is 0 Å². The molecular formula is C22H38IN7O. The van der Waals surface area contributed by atoms with Crippen molar-refractivity contribution < 1.29 is 4.79 Å². The average Bonchev–Trinajstić information content (AvgIpc) is 3.23. The van der Waals surface area contributed by atoms with Crippen molar-refractivity contribution in [3.05, 3.63) is 23.9 Å². The summed E-state index contributed by atoms with van der Waals surface area (Å²) < 4.78 is 0. The van der Waals surface area contributed by atoms with Crippen LogP contribution in [0.25, 0.3) is 0 Å². The normalized spacial score (nSPS) is 20.4. The van der Waals surface area contributed by atoms with Gasteiger partial charge >= 0.3 is 0 Å². The fourth-order valence-electron chi connectivity index (χ4n) is 4.48. The first-order valence-electron chi connectivity index (χ1n) is 11.4. The van der Waals surface area contributed by atoms with Gasteiger partial charge in [0.25, 0.3) is 0 Å². The monoisotopic (exact) mass is 543 g/mol. The van der Waals surface area contributed by atoms with E-state index in [-0.39, 0.29) is 35.8 Å². The molecule has 4 N–H and O–H groups in total. The summed E-state index contributed by atoms with van der Waals surface area (Å²) in [6.45, 7) is 10.5. The third-order valence-electron chi connectivity index (χ3n) is 6.23. The smallest absolute Gasteiger partial charge is 0.220 e. The van der Waals surface area contributed by atoms with Crippen LogP contribution in [-0.2, 0) is 11.3 Å². The van der Waals surface area contributed by atoms with Crippen molar-refractivity contribution in [3.8, 4) is 0 Å². The van der Waals surface area contributed by atoms with E-state index in [1.807, 2.05) is 12.3 Å². The van der Waals surface area contributed by atoms with Crippen molar-refractivity contribution in [1.29, 1.82) is 0 Å². The van der Waals surface area contributed by atoms with Crippen molar-refractivity contribution >= 4 is 41.7 Å². The second-order valence-electron chi connectivity index (χ2n) is 8.15. The Morgan fingerprint density at radius 3 is 2.68 bits per heavy atom. The minimum atomic E-state index is -0.189. The number of pyridine rings is 1. The number of hydrogen-bond acceptors (Lipinski definition) is 5. The molecule has 31 heavy (non-hydrogen) atoms. The Kier molecular flexibility index (Phi) is 10.8. The number of nitrogens with two attached hydrogens (primary N) is 1. The molecule has 9 heteroatoms. The summed E-state index contributed by atoms with van der Waals surface area (Å²) in [5, 5.41) is 6.89. The Morgan fingerprint density at radius 2 is 2.00 bits per heavy atom. The predicted octanol–water partition coefficient (Wildman–Crippen LogP) is 1.94. The van der Waals surface area contributed by atoms with Crippen LogP contribution in [0.15, 0.2) is 23.3 Å². The summed E-state index contributed by atoms with van der Waals surface area (Å²) >= 11 is 0. The number of aliphatic imine (C=N–C) groups is 1. The van der Waals surface area contributed by atoms with E-state index >= 15 is 0 Å². The minimum Gasteiger partial charge on any atom is -0.369 e. The van der Waals surface area contributed by atoms with Gasteiger partial charge in [0, 0.05) is 49.9 Å². The summed E-state index contributed by atoms with van der Waals surface area (Å²) in [5.74, 6) is 1.61. The molecule has 2 aliphatic rings. The molecule has 2 saturated heterocycles. The SMILES string of the molecule is CCNC(=NCc1cccnc1N1CCC(C(N)=O)CC1)NCC1CCCN1CC.I. The maximum Gasteiger partial charge on any atom is 0.220 e. The van der Waals surface area contributed by atoms with Crippen molar-refractivity contribution in [1.82, 2.24) is 20.5 Å². The zero-order chi connectivity index (χ0) is 21.3. The summed E-state index contributed by atoms with van der Waals surface area (Å²) in [6.07, 6.45) is 5.92. The van der Waals surface area contributed by atoms with Gasteiger partial charge < -0.3 is 21.3 Å². The van der Waals surface area contributed by atoms with Crippen molar-refractivity contribution in [2.45, 2.75) is 52.1 Å². The minimum absolute atomic E-state index is 0. The van der Waals surface area contributed by atoms with Gasteiger partial charge in [-0.15, -0.1) is 24.0 Å². The number of anilines is 1. The zero-order valence-corrected chi connectivity index (χ0v) is 21.2. The fourth-order valence-corrected chi connectivity index (χ4v) is 4.48. The Hall–Kier alpha value is -1.62. The van der Waals surface area contributed by atoms with Crippen LogP contribution in [0, 0.1) is 5.92 Å². The van der Waals surface area contributed by atoms with Crippen LogP contribution in [-0.4, -0.2) is 67.1 Å². The maximum absolute atomic E-state index is 11.5. The van der Waals surface area contributed by atoms with E-state index in [2.05, 4.69) is 45.3 Å². The van der Waals surface area contributed by atoms with Gasteiger partial charge in [-0.3, -0.25) is 9.69 Å². The van der Waals surface area contributed by atoms with E-state index in [9.17, 15) is 4.79 Å². The van der Waals surface area contributed by atoms with Gasteiger partial charge in [0.15, 0.2) is 5.96 Å². The van der Waals surface area contributed by atoms with Gasteiger partial charge in [-0.25, -0.2) is 9.98 Å². The molecule has 3 heterocycles. The lowest BCUT2D eigenvalue weighted by molar-refractivity contribution is -0.122. The molecule has 3 rings (SSSR count). The molecule has 1 aromatic heterocycles. The van der Waals surface area contributed by atoms with Gasteiger partial charge in [-0.05, 0) is 51.8 Å². The van der Waals surface area contributed by atoms with Crippen LogP contribution >= 0.6 is 24.0 Å². The molecule has 0 bridgehead atoms. The number of guanidine groups is 1. The van der Waals surface area contributed by atoms with E-state index < -0.39 is 0 Å². The molecule has 0 saturated carbocycles. The number of primary amides is 1. The van der Waals surface area contributed by atoms with E-state index in [1.54, 1.807) is 0 Å². The largest absolute Gasteiger partial charge is 0.369 e. The first kappa shape index (κ1) is 25.6. The lowest BCUT2D eigenvalue weighted by Crippen LogP contribution is -2.44. The number of likely N-dealkylation sites (N-methyl/N-ethyl adjacent to an activating group) is 1. The maximum atomic E-state index is 11.5. The predicted molar refractivity (Wildman–Crippen MR) is 137 cm³/mol. The number of likely N-dealkylation sites (tertiary alicyclic amines) is 1. The Labute approximate surface area is 203 Å². The van der Waals surface area contributed by atoms with E-state index in [0.717, 1.165) is 62.9 Å². The molecule has 8 nitrogen and oxygen atoms in total. The van der Waals surface area contributed by atoms with Crippen molar-refractivity contribution in [2.24, 2.45) is 16.6 Å². The number of aromatic nitrogens is 1. The zero-order valence-electron chi connectivity index (χ0n) is 18.8. The molecule has 0 aromatic carbocycles. The lowest BCUT2D eigenvalue weighted by atomic mass is 9.96. The van der Waals surface area contributed by atoms with E-state index in [0.29, 0.717) is 12.6 Å². The van der Waals surface area contributed by atoms with Gasteiger partial charge in [0.2, 0.25) is 5.91 Å². The molecule has 2 fully saturated rings. The molecular weight excluding hydrogens is 505 g/mol. The number of hydrogen-bond donors (Lipinski definition) is 3. The highest BCUT2D eigenvalue weighted by Gasteiger charge is 2.25. The molecule has 2 aliphatic heterocycles. The molecule has 1 aromatic rings. The van der Waals surface area contributed by atoms with Crippen LogP contribution in [0.5, 0.6) is 0 Å². The lowest BCUT2D eigenvalue weighted by Gasteiger charge is -2.32. The van der Waals surface area contributed by atoms with Crippen LogP contribution in [0.3, 0.4) is 0 Å². The number of halogens is 1. The topological polar surface area (TPSA) is 98.9 Å². The Bertz CT molecular complexity index is 722. The van der Waals surface area contributed by atoms with Crippen molar-refractivity contribution in [2.75, 3.05) is 44.2 Å². The standard InChI is InChI=1S/C22H37N7O.HI/c1-3-24-22(27-16-19-8-6-12-28(19)4-2)26-15-18-7-5-11-25-21(18)29-13-9-17(10-14-29)20(23)30;/h5,7,11,17,19H,3-4,6,8-10,12-16H2,1-2H3,(H2,23,30)(H2,24,26,27);1H. The Balaban J connectivity index is 0.00000341. The molecule has 0 radical (unpaired) electrons. The number of piperidine rings is 1. The van der Waals surface area contributed by atoms with E-state index in [4.69, 9.17) is 10.7 Å². The number of nitrogens with one attached hydrogen (secondary N) is 2.